The number of ketones is 1. The van der Waals surface area contributed by atoms with E-state index in [0.717, 1.165) is 5.75 Å². The Bertz CT molecular complexity index is 221. The second-order valence-corrected chi connectivity index (χ2v) is 5.68. The van der Waals surface area contributed by atoms with E-state index in [0.29, 0.717) is 18.7 Å². The molecule has 1 N–H and O–H groups in total. The molecule has 0 saturated heterocycles. The smallest absolute Gasteiger partial charge is 0.230 e. The summed E-state index contributed by atoms with van der Waals surface area (Å²) in [5.74, 6) is 1.63. The predicted molar refractivity (Wildman–Crippen MR) is 65.1 cm³/mol. The van der Waals surface area contributed by atoms with E-state index in [-0.39, 0.29) is 17.1 Å². The van der Waals surface area contributed by atoms with Crippen molar-refractivity contribution >= 4 is 23.5 Å². The Balaban J connectivity index is 3.62. The maximum atomic E-state index is 11.5. The van der Waals surface area contributed by atoms with Gasteiger partial charge in [0, 0.05) is 18.4 Å². The van der Waals surface area contributed by atoms with Crippen molar-refractivity contribution in [2.24, 2.45) is 5.41 Å². The van der Waals surface area contributed by atoms with Crippen LogP contribution in [0.15, 0.2) is 0 Å². The largest absolute Gasteiger partial charge is 0.355 e. The average Bonchev–Trinajstić information content (AvgIpc) is 2.13. The highest BCUT2D eigenvalue weighted by Gasteiger charge is 2.20. The molecule has 15 heavy (non-hydrogen) atoms. The average molecular weight is 231 g/mol. The number of Topliss-reactive ketones (excluding diaryl/α,β-unsaturated/α-hetero) is 1. The number of hydrogen-bond acceptors (Lipinski definition) is 3. The number of thioether (sulfide) groups is 1. The molecule has 0 aliphatic rings. The van der Waals surface area contributed by atoms with Crippen molar-refractivity contribution in [2.45, 2.75) is 34.1 Å². The van der Waals surface area contributed by atoms with Gasteiger partial charge in [-0.2, -0.15) is 11.8 Å². The molecule has 0 bridgehead atoms. The van der Waals surface area contributed by atoms with E-state index in [4.69, 9.17) is 0 Å². The number of amides is 1. The van der Waals surface area contributed by atoms with Crippen molar-refractivity contribution in [3.63, 3.8) is 0 Å². The van der Waals surface area contributed by atoms with E-state index >= 15 is 0 Å². The van der Waals surface area contributed by atoms with Gasteiger partial charge in [-0.1, -0.05) is 27.7 Å². The summed E-state index contributed by atoms with van der Waals surface area (Å²) in [7, 11) is 0. The lowest BCUT2D eigenvalue weighted by molar-refractivity contribution is -0.126. The molecule has 0 aliphatic heterocycles. The zero-order valence-electron chi connectivity index (χ0n) is 10.1. The summed E-state index contributed by atoms with van der Waals surface area (Å²) in [6.45, 7) is 8.15. The molecule has 0 aromatic carbocycles. The van der Waals surface area contributed by atoms with E-state index in [1.54, 1.807) is 11.8 Å². The van der Waals surface area contributed by atoms with Gasteiger partial charge in [-0.15, -0.1) is 0 Å². The van der Waals surface area contributed by atoms with Crippen molar-refractivity contribution in [3.8, 4) is 0 Å². The van der Waals surface area contributed by atoms with E-state index in [9.17, 15) is 9.59 Å². The highest BCUT2D eigenvalue weighted by Crippen LogP contribution is 2.15. The molecule has 0 unspecified atom stereocenters. The van der Waals surface area contributed by atoms with Crippen molar-refractivity contribution in [3.05, 3.63) is 0 Å². The normalized spacial score (nSPS) is 11.2. The highest BCUT2D eigenvalue weighted by molar-refractivity contribution is 7.99. The van der Waals surface area contributed by atoms with E-state index in [2.05, 4.69) is 5.32 Å². The van der Waals surface area contributed by atoms with E-state index < -0.39 is 0 Å². The first-order chi connectivity index (χ1) is 6.88. The highest BCUT2D eigenvalue weighted by atomic mass is 32.2. The molecule has 0 aromatic heterocycles. The maximum absolute atomic E-state index is 11.5. The number of hydrogen-bond donors (Lipinski definition) is 1. The topological polar surface area (TPSA) is 46.2 Å². The molecule has 0 fully saturated rings. The third-order valence-electron chi connectivity index (χ3n) is 1.95. The molecule has 0 spiro atoms. The molecular weight excluding hydrogens is 210 g/mol. The summed E-state index contributed by atoms with van der Waals surface area (Å²) in [4.78, 5) is 22.7. The molecule has 0 aromatic rings. The standard InChI is InChI=1S/C11H21NO2S/c1-5-15-8-10(14)12-7-6-9(13)11(2,3)4/h5-8H2,1-4H3,(H,12,14). The molecule has 0 saturated carbocycles. The van der Waals surface area contributed by atoms with Gasteiger partial charge in [0.05, 0.1) is 5.75 Å². The van der Waals surface area contributed by atoms with Crippen LogP contribution in [0.2, 0.25) is 0 Å². The first-order valence-electron chi connectivity index (χ1n) is 5.25. The molecule has 3 nitrogen and oxygen atoms in total. The van der Waals surface area contributed by atoms with Crippen LogP contribution >= 0.6 is 11.8 Å². The van der Waals surface area contributed by atoms with Crippen LogP contribution in [0.1, 0.15) is 34.1 Å². The number of rotatable bonds is 6. The van der Waals surface area contributed by atoms with Gasteiger partial charge >= 0.3 is 0 Å². The van der Waals surface area contributed by atoms with E-state index in [1.165, 1.54) is 0 Å². The van der Waals surface area contributed by atoms with Gasteiger partial charge in [0.15, 0.2) is 0 Å². The van der Waals surface area contributed by atoms with Gasteiger partial charge in [-0.05, 0) is 5.75 Å². The van der Waals surface area contributed by atoms with Gasteiger partial charge in [0.25, 0.3) is 0 Å². The molecular formula is C11H21NO2S. The Morgan fingerprint density at radius 2 is 1.87 bits per heavy atom. The molecule has 0 atom stereocenters. The monoisotopic (exact) mass is 231 g/mol. The van der Waals surface area contributed by atoms with Crippen molar-refractivity contribution < 1.29 is 9.59 Å². The molecule has 88 valence electrons. The quantitative estimate of drug-likeness (QED) is 0.759. The first-order valence-corrected chi connectivity index (χ1v) is 6.41. The Kier molecular flexibility index (Phi) is 6.65. The van der Waals surface area contributed by atoms with Crippen LogP contribution < -0.4 is 5.32 Å². The summed E-state index contributed by atoms with van der Waals surface area (Å²) in [5.41, 5.74) is -0.303. The lowest BCUT2D eigenvalue weighted by Gasteiger charge is -2.16. The van der Waals surface area contributed by atoms with Crippen molar-refractivity contribution in [2.75, 3.05) is 18.1 Å². The summed E-state index contributed by atoms with van der Waals surface area (Å²) in [6, 6.07) is 0. The minimum Gasteiger partial charge on any atom is -0.355 e. The zero-order chi connectivity index (χ0) is 11.9. The van der Waals surface area contributed by atoms with Gasteiger partial charge in [0.2, 0.25) is 5.91 Å². The van der Waals surface area contributed by atoms with Crippen LogP contribution in [0.5, 0.6) is 0 Å². The Labute approximate surface area is 96.4 Å². The van der Waals surface area contributed by atoms with E-state index in [1.807, 2.05) is 27.7 Å². The predicted octanol–water partition coefficient (Wildman–Crippen LogP) is 1.86. The van der Waals surface area contributed by atoms with Gasteiger partial charge in [-0.25, -0.2) is 0 Å². The van der Waals surface area contributed by atoms with Gasteiger partial charge < -0.3 is 5.32 Å². The minimum absolute atomic E-state index is 0.0172. The molecule has 4 heteroatoms. The second kappa shape index (κ2) is 6.88. The minimum atomic E-state index is -0.303. The zero-order valence-corrected chi connectivity index (χ0v) is 10.9. The fourth-order valence-corrected chi connectivity index (χ4v) is 1.43. The fraction of sp³-hybridized carbons (Fsp3) is 0.818. The Hall–Kier alpha value is -0.510. The fourth-order valence-electron chi connectivity index (χ4n) is 0.936. The maximum Gasteiger partial charge on any atom is 0.230 e. The first kappa shape index (κ1) is 14.5. The van der Waals surface area contributed by atoms with Gasteiger partial charge in [0.1, 0.15) is 5.78 Å². The third kappa shape index (κ3) is 7.42. The molecule has 1 amide bonds. The summed E-state index contributed by atoms with van der Waals surface area (Å²) in [6.07, 6.45) is 0.423. The van der Waals surface area contributed by atoms with Crippen molar-refractivity contribution in [1.82, 2.24) is 5.32 Å². The van der Waals surface area contributed by atoms with Crippen LogP contribution in [0.25, 0.3) is 0 Å². The number of carbonyl (C=O) groups excluding carboxylic acids is 2. The molecule has 0 heterocycles. The summed E-state index contributed by atoms with van der Waals surface area (Å²) in [5, 5.41) is 2.74. The lowest BCUT2D eigenvalue weighted by atomic mass is 9.89. The van der Waals surface area contributed by atoms with Crippen molar-refractivity contribution in [1.29, 1.82) is 0 Å². The van der Waals surface area contributed by atoms with Gasteiger partial charge in [-0.3, -0.25) is 9.59 Å². The van der Waals surface area contributed by atoms with Crippen LogP contribution in [0, 0.1) is 5.41 Å². The molecule has 0 radical (unpaired) electrons. The summed E-state index contributed by atoms with van der Waals surface area (Å²) >= 11 is 1.58. The number of nitrogens with one attached hydrogen (secondary N) is 1. The Morgan fingerprint density at radius 1 is 1.27 bits per heavy atom. The molecule has 0 rings (SSSR count). The lowest BCUT2D eigenvalue weighted by Crippen LogP contribution is -2.30. The van der Waals surface area contributed by atoms with Crippen LogP contribution in [-0.2, 0) is 9.59 Å². The molecule has 0 aliphatic carbocycles. The second-order valence-electron chi connectivity index (χ2n) is 4.41. The summed E-state index contributed by atoms with van der Waals surface area (Å²) < 4.78 is 0. The Morgan fingerprint density at radius 3 is 2.33 bits per heavy atom. The number of carbonyl (C=O) groups is 2. The van der Waals surface area contributed by atoms with Crippen LogP contribution in [0.4, 0.5) is 0 Å². The SMILES string of the molecule is CCSCC(=O)NCCC(=O)C(C)(C)C. The van der Waals surface area contributed by atoms with Crippen LogP contribution in [0.3, 0.4) is 0 Å². The third-order valence-corrected chi connectivity index (χ3v) is 2.82. The van der Waals surface area contributed by atoms with Crippen LogP contribution in [-0.4, -0.2) is 29.7 Å².